The Balaban J connectivity index is 2.19. The maximum Gasteiger partial charge on any atom is 0.267 e. The first-order valence-corrected chi connectivity index (χ1v) is 9.13. The van der Waals surface area contributed by atoms with Gasteiger partial charge in [-0.15, -0.1) is 0 Å². The largest absolute Gasteiger partial charge is 0.298 e. The molecule has 0 aliphatic heterocycles. The Hall–Kier alpha value is -1.04. The van der Waals surface area contributed by atoms with Crippen LogP contribution in [0.2, 0.25) is 0 Å². The second kappa shape index (κ2) is 6.16. The summed E-state index contributed by atoms with van der Waals surface area (Å²) in [6.07, 6.45) is 6.71. The lowest BCUT2D eigenvalue weighted by Gasteiger charge is -2.15. The van der Waals surface area contributed by atoms with E-state index in [0.29, 0.717) is 5.69 Å². The summed E-state index contributed by atoms with van der Waals surface area (Å²) in [7, 11) is -3.18. The van der Waals surface area contributed by atoms with E-state index in [4.69, 9.17) is 0 Å². The van der Waals surface area contributed by atoms with Gasteiger partial charge in [-0.05, 0) is 26.7 Å². The number of hydrogen-bond donors (Lipinski definition) is 1. The molecule has 0 spiro atoms. The lowest BCUT2D eigenvalue weighted by atomic mass is 10.1. The number of H-pyrrole nitrogens is 1. The van der Waals surface area contributed by atoms with Crippen LogP contribution in [0.25, 0.3) is 0 Å². The summed E-state index contributed by atoms with van der Waals surface area (Å²) >= 11 is 0. The topological polar surface area (TPSA) is 71.9 Å². The van der Waals surface area contributed by atoms with Crippen molar-refractivity contribution in [3.05, 3.63) is 22.1 Å². The van der Waals surface area contributed by atoms with Crippen LogP contribution in [0.5, 0.6) is 0 Å². The molecule has 0 radical (unpaired) electrons. The van der Waals surface area contributed by atoms with E-state index in [-0.39, 0.29) is 17.4 Å². The molecule has 6 heteroatoms. The fourth-order valence-corrected chi connectivity index (χ4v) is 3.62. The van der Waals surface area contributed by atoms with Crippen molar-refractivity contribution in [2.24, 2.45) is 0 Å². The Morgan fingerprint density at radius 1 is 1.25 bits per heavy atom. The van der Waals surface area contributed by atoms with Gasteiger partial charge in [-0.2, -0.15) is 0 Å². The van der Waals surface area contributed by atoms with E-state index in [2.05, 4.69) is 5.10 Å². The predicted octanol–water partition coefficient (Wildman–Crippen LogP) is 2.39. The zero-order chi connectivity index (χ0) is 14.8. The fraction of sp³-hybridized carbons (Fsp3) is 0.786. The van der Waals surface area contributed by atoms with E-state index >= 15 is 0 Å². The number of sulfone groups is 1. The average Bonchev–Trinajstić information content (AvgIpc) is 2.59. The van der Waals surface area contributed by atoms with Gasteiger partial charge in [0.2, 0.25) is 0 Å². The van der Waals surface area contributed by atoms with Crippen molar-refractivity contribution in [2.75, 3.05) is 0 Å². The average molecular weight is 300 g/mol. The van der Waals surface area contributed by atoms with Gasteiger partial charge in [0.15, 0.2) is 9.84 Å². The molecule has 0 bridgehead atoms. The molecule has 1 saturated carbocycles. The fourth-order valence-electron chi connectivity index (χ4n) is 2.71. The van der Waals surface area contributed by atoms with E-state index in [1.807, 2.05) is 0 Å². The Kier molecular flexibility index (Phi) is 4.73. The molecule has 1 aromatic rings. The zero-order valence-corrected chi connectivity index (χ0v) is 13.1. The molecule has 1 aliphatic rings. The highest BCUT2D eigenvalue weighted by atomic mass is 32.2. The number of aromatic nitrogens is 2. The van der Waals surface area contributed by atoms with E-state index in [1.165, 1.54) is 18.9 Å². The summed E-state index contributed by atoms with van der Waals surface area (Å²) in [5, 5.41) is 2.59. The van der Waals surface area contributed by atoms with Crippen LogP contribution < -0.4 is 5.56 Å². The van der Waals surface area contributed by atoms with Gasteiger partial charge in [-0.25, -0.2) is 13.1 Å². The number of nitrogens with one attached hydrogen (secondary N) is 1. The minimum absolute atomic E-state index is 0.0837. The summed E-state index contributed by atoms with van der Waals surface area (Å²) in [6, 6.07) is 1.63. The monoisotopic (exact) mass is 300 g/mol. The highest BCUT2D eigenvalue weighted by Gasteiger charge is 2.21. The van der Waals surface area contributed by atoms with E-state index in [9.17, 15) is 13.2 Å². The predicted molar refractivity (Wildman–Crippen MR) is 79.6 cm³/mol. The van der Waals surface area contributed by atoms with Gasteiger partial charge >= 0.3 is 0 Å². The standard InChI is InChI=1S/C14H24N2O3S/c1-11(2)20(18,19)10-12-9-14(17)16(15-12)13-7-5-3-4-6-8-13/h9,11,13,15H,3-8,10H2,1-2H3. The third kappa shape index (κ3) is 3.53. The second-order valence-corrected chi connectivity index (χ2v) is 8.55. The Bertz CT molecular complexity index is 590. The van der Waals surface area contributed by atoms with Gasteiger partial charge in [0.25, 0.3) is 5.56 Å². The molecule has 5 nitrogen and oxygen atoms in total. The van der Waals surface area contributed by atoms with Crippen LogP contribution in [0.3, 0.4) is 0 Å². The van der Waals surface area contributed by atoms with Gasteiger partial charge in [0, 0.05) is 6.07 Å². The summed E-state index contributed by atoms with van der Waals surface area (Å²) in [4.78, 5) is 12.0. The van der Waals surface area contributed by atoms with Crippen molar-refractivity contribution in [3.63, 3.8) is 0 Å². The Morgan fingerprint density at radius 2 is 1.85 bits per heavy atom. The van der Waals surface area contributed by atoms with Crippen molar-refractivity contribution in [1.29, 1.82) is 0 Å². The van der Waals surface area contributed by atoms with Crippen LogP contribution >= 0.6 is 0 Å². The summed E-state index contributed by atoms with van der Waals surface area (Å²) in [6.45, 7) is 3.32. The van der Waals surface area contributed by atoms with Crippen LogP contribution in [0.4, 0.5) is 0 Å². The van der Waals surface area contributed by atoms with Crippen molar-refractivity contribution in [3.8, 4) is 0 Å². The smallest absolute Gasteiger partial charge is 0.267 e. The van der Waals surface area contributed by atoms with Crippen LogP contribution in [0.1, 0.15) is 64.1 Å². The maximum atomic E-state index is 12.0. The molecule has 1 heterocycles. The second-order valence-electron chi connectivity index (χ2n) is 5.99. The molecule has 114 valence electrons. The van der Waals surface area contributed by atoms with E-state index in [0.717, 1.165) is 25.7 Å². The van der Waals surface area contributed by atoms with Gasteiger partial charge in [0.1, 0.15) is 0 Å². The molecular weight excluding hydrogens is 276 g/mol. The van der Waals surface area contributed by atoms with Gasteiger partial charge < -0.3 is 0 Å². The molecule has 0 aromatic carbocycles. The van der Waals surface area contributed by atoms with Crippen molar-refractivity contribution in [1.82, 2.24) is 9.78 Å². The minimum Gasteiger partial charge on any atom is -0.298 e. The first-order chi connectivity index (χ1) is 9.40. The molecule has 1 aromatic heterocycles. The van der Waals surface area contributed by atoms with E-state index < -0.39 is 15.1 Å². The number of nitrogens with zero attached hydrogens (tertiary/aromatic N) is 1. The summed E-state index contributed by atoms with van der Waals surface area (Å²) in [5.74, 6) is -0.0837. The van der Waals surface area contributed by atoms with Crippen LogP contribution in [-0.2, 0) is 15.6 Å². The van der Waals surface area contributed by atoms with Crippen molar-refractivity contribution < 1.29 is 8.42 Å². The van der Waals surface area contributed by atoms with Crippen LogP contribution in [-0.4, -0.2) is 23.4 Å². The van der Waals surface area contributed by atoms with Crippen LogP contribution in [0.15, 0.2) is 10.9 Å². The summed E-state index contributed by atoms with van der Waals surface area (Å²) in [5.41, 5.74) is 0.402. The molecule has 2 rings (SSSR count). The third-order valence-electron chi connectivity index (χ3n) is 4.06. The lowest BCUT2D eigenvalue weighted by molar-refractivity contribution is 0.394. The molecule has 1 N–H and O–H groups in total. The normalized spacial score (nSPS) is 18.4. The molecular formula is C14H24N2O3S. The molecule has 1 aliphatic carbocycles. The molecule has 0 saturated heterocycles. The highest BCUT2D eigenvalue weighted by Crippen LogP contribution is 2.25. The highest BCUT2D eigenvalue weighted by molar-refractivity contribution is 7.91. The quantitative estimate of drug-likeness (QED) is 0.868. The van der Waals surface area contributed by atoms with Gasteiger partial charge in [-0.3, -0.25) is 9.89 Å². The van der Waals surface area contributed by atoms with Crippen molar-refractivity contribution >= 4 is 9.84 Å². The van der Waals surface area contributed by atoms with Gasteiger partial charge in [0.05, 0.1) is 22.7 Å². The zero-order valence-electron chi connectivity index (χ0n) is 12.3. The number of rotatable bonds is 4. The van der Waals surface area contributed by atoms with E-state index in [1.54, 1.807) is 18.5 Å². The lowest BCUT2D eigenvalue weighted by Crippen LogP contribution is -2.21. The molecule has 0 unspecified atom stereocenters. The molecule has 1 fully saturated rings. The summed E-state index contributed by atoms with van der Waals surface area (Å²) < 4.78 is 25.5. The molecule has 20 heavy (non-hydrogen) atoms. The molecule has 0 atom stereocenters. The Labute approximate surface area is 120 Å². The van der Waals surface area contributed by atoms with Crippen molar-refractivity contribution in [2.45, 2.75) is 69.4 Å². The third-order valence-corrected chi connectivity index (χ3v) is 6.21. The maximum absolute atomic E-state index is 12.0. The van der Waals surface area contributed by atoms with Crippen LogP contribution in [0, 0.1) is 0 Å². The first kappa shape index (κ1) is 15.4. The Morgan fingerprint density at radius 3 is 2.40 bits per heavy atom. The molecule has 0 amide bonds. The van der Waals surface area contributed by atoms with Gasteiger partial charge in [-0.1, -0.05) is 25.7 Å². The minimum atomic E-state index is -3.18. The number of hydrogen-bond acceptors (Lipinski definition) is 3. The SMILES string of the molecule is CC(C)S(=O)(=O)Cc1cc(=O)n(C2CCCCCC2)[nH]1. The first-order valence-electron chi connectivity index (χ1n) is 7.42. The number of aromatic amines is 1.